The van der Waals surface area contributed by atoms with Gasteiger partial charge in [0, 0.05) is 17.2 Å². The van der Waals surface area contributed by atoms with Gasteiger partial charge in [-0.2, -0.15) is 0 Å². The van der Waals surface area contributed by atoms with E-state index in [1.54, 1.807) is 0 Å². The summed E-state index contributed by atoms with van der Waals surface area (Å²) in [4.78, 5) is 1.32. The van der Waals surface area contributed by atoms with E-state index in [2.05, 4.69) is 31.2 Å². The summed E-state index contributed by atoms with van der Waals surface area (Å²) in [5, 5.41) is 0. The molecule has 1 rings (SSSR count). The second-order valence-electron chi connectivity index (χ2n) is 2.45. The van der Waals surface area contributed by atoms with Gasteiger partial charge in [-0.3, -0.25) is 0 Å². The van der Waals surface area contributed by atoms with Crippen LogP contribution in [-0.2, 0) is 0 Å². The van der Waals surface area contributed by atoms with Gasteiger partial charge in [0.2, 0.25) is 0 Å². The highest BCUT2D eigenvalue weighted by atomic mass is 35.5. The van der Waals surface area contributed by atoms with Gasteiger partial charge < -0.3 is 5.73 Å². The number of thioether (sulfide) groups is 1. The van der Waals surface area contributed by atoms with Crippen LogP contribution < -0.4 is 5.73 Å². The van der Waals surface area contributed by atoms with Crippen LogP contribution in [0.5, 0.6) is 0 Å². The zero-order valence-corrected chi connectivity index (χ0v) is 8.75. The van der Waals surface area contributed by atoms with Gasteiger partial charge in [-0.15, -0.1) is 24.2 Å². The smallest absolute Gasteiger partial charge is 0.0103 e. The van der Waals surface area contributed by atoms with E-state index >= 15 is 0 Å². The molecule has 0 aliphatic rings. The second kappa shape index (κ2) is 6.35. The monoisotopic (exact) mass is 203 g/mol. The summed E-state index contributed by atoms with van der Waals surface area (Å²) in [7, 11) is 0. The Morgan fingerprint density at radius 3 is 2.75 bits per heavy atom. The van der Waals surface area contributed by atoms with Crippen molar-refractivity contribution in [3.63, 3.8) is 0 Å². The molecule has 68 valence electrons. The fourth-order valence-electron chi connectivity index (χ4n) is 0.882. The molecule has 2 N–H and O–H groups in total. The lowest BCUT2D eigenvalue weighted by Crippen LogP contribution is -2.00. The van der Waals surface area contributed by atoms with Crippen LogP contribution in [0.4, 0.5) is 0 Å². The average Bonchev–Trinajstić information content (AvgIpc) is 2.01. The number of aryl methyl sites for hydroxylation is 1. The molecule has 0 unspecified atom stereocenters. The number of benzene rings is 1. The van der Waals surface area contributed by atoms with Gasteiger partial charge in [-0.05, 0) is 19.1 Å². The molecule has 0 spiro atoms. The van der Waals surface area contributed by atoms with Gasteiger partial charge in [0.1, 0.15) is 0 Å². The van der Waals surface area contributed by atoms with E-state index in [0.29, 0.717) is 0 Å². The van der Waals surface area contributed by atoms with Crippen molar-refractivity contribution in [1.29, 1.82) is 0 Å². The third kappa shape index (κ3) is 4.00. The average molecular weight is 204 g/mol. The van der Waals surface area contributed by atoms with Crippen LogP contribution in [0.3, 0.4) is 0 Å². The normalized spacial score (nSPS) is 9.17. The van der Waals surface area contributed by atoms with Crippen molar-refractivity contribution in [2.45, 2.75) is 11.8 Å². The van der Waals surface area contributed by atoms with Crippen LogP contribution in [0.15, 0.2) is 29.2 Å². The van der Waals surface area contributed by atoms with Crippen LogP contribution in [0.25, 0.3) is 0 Å². The van der Waals surface area contributed by atoms with Crippen LogP contribution in [0, 0.1) is 6.92 Å². The first-order chi connectivity index (χ1) is 5.33. The molecule has 0 atom stereocenters. The van der Waals surface area contributed by atoms with Gasteiger partial charge in [0.15, 0.2) is 0 Å². The maximum Gasteiger partial charge on any atom is 0.0103 e. The minimum Gasteiger partial charge on any atom is -0.330 e. The molecular formula is C9H14ClNS. The summed E-state index contributed by atoms with van der Waals surface area (Å²) < 4.78 is 0. The minimum absolute atomic E-state index is 0. The van der Waals surface area contributed by atoms with Crippen LogP contribution in [0.1, 0.15) is 5.56 Å². The van der Waals surface area contributed by atoms with E-state index in [9.17, 15) is 0 Å². The molecule has 0 saturated carbocycles. The minimum atomic E-state index is 0. The number of hydrogen-bond donors (Lipinski definition) is 1. The maximum absolute atomic E-state index is 5.39. The van der Waals surface area contributed by atoms with Crippen molar-refractivity contribution in [3.8, 4) is 0 Å². The lowest BCUT2D eigenvalue weighted by molar-refractivity contribution is 1.15. The Morgan fingerprint density at radius 1 is 1.42 bits per heavy atom. The lowest BCUT2D eigenvalue weighted by Gasteiger charge is -1.99. The molecule has 1 aromatic rings. The molecule has 0 radical (unpaired) electrons. The van der Waals surface area contributed by atoms with Gasteiger partial charge in [-0.1, -0.05) is 17.7 Å². The zero-order valence-electron chi connectivity index (χ0n) is 7.12. The van der Waals surface area contributed by atoms with E-state index in [4.69, 9.17) is 5.73 Å². The summed E-state index contributed by atoms with van der Waals surface area (Å²) in [6.45, 7) is 2.85. The molecule has 0 saturated heterocycles. The highest BCUT2D eigenvalue weighted by Gasteiger charge is 1.91. The maximum atomic E-state index is 5.39. The Balaban J connectivity index is 0.00000121. The Hall–Kier alpha value is -0.180. The Labute approximate surface area is 84.1 Å². The third-order valence-electron chi connectivity index (χ3n) is 1.38. The highest BCUT2D eigenvalue weighted by molar-refractivity contribution is 7.99. The van der Waals surface area contributed by atoms with Crippen LogP contribution in [-0.4, -0.2) is 12.3 Å². The first-order valence-electron chi connectivity index (χ1n) is 3.72. The highest BCUT2D eigenvalue weighted by Crippen LogP contribution is 2.17. The predicted molar refractivity (Wildman–Crippen MR) is 58.2 cm³/mol. The van der Waals surface area contributed by atoms with Gasteiger partial charge in [0.25, 0.3) is 0 Å². The van der Waals surface area contributed by atoms with Crippen molar-refractivity contribution in [3.05, 3.63) is 29.8 Å². The van der Waals surface area contributed by atoms with Crippen molar-refractivity contribution < 1.29 is 0 Å². The Morgan fingerprint density at radius 2 is 2.17 bits per heavy atom. The lowest BCUT2D eigenvalue weighted by atomic mass is 10.2. The molecule has 0 heterocycles. The van der Waals surface area contributed by atoms with Gasteiger partial charge in [-0.25, -0.2) is 0 Å². The Kier molecular flexibility index (Phi) is 6.25. The summed E-state index contributed by atoms with van der Waals surface area (Å²) in [6.07, 6.45) is 0. The van der Waals surface area contributed by atoms with Crippen LogP contribution in [0.2, 0.25) is 0 Å². The molecule has 0 aromatic heterocycles. The van der Waals surface area contributed by atoms with Gasteiger partial charge >= 0.3 is 0 Å². The first-order valence-corrected chi connectivity index (χ1v) is 4.71. The number of halogens is 1. The summed E-state index contributed by atoms with van der Waals surface area (Å²) in [6, 6.07) is 8.48. The molecule has 1 aromatic carbocycles. The molecule has 0 bridgehead atoms. The molecule has 0 aliphatic carbocycles. The second-order valence-corrected chi connectivity index (χ2v) is 3.62. The summed E-state index contributed by atoms with van der Waals surface area (Å²) in [5.41, 5.74) is 6.71. The first kappa shape index (κ1) is 11.8. The van der Waals surface area contributed by atoms with E-state index < -0.39 is 0 Å². The topological polar surface area (TPSA) is 26.0 Å². The molecule has 0 aliphatic heterocycles. The molecule has 0 amide bonds. The zero-order chi connectivity index (χ0) is 8.10. The van der Waals surface area contributed by atoms with E-state index in [-0.39, 0.29) is 12.4 Å². The van der Waals surface area contributed by atoms with Crippen molar-refractivity contribution >= 4 is 24.2 Å². The summed E-state index contributed by atoms with van der Waals surface area (Å²) >= 11 is 1.81. The van der Waals surface area contributed by atoms with E-state index in [1.165, 1.54) is 10.5 Å². The Bertz CT molecular complexity index is 228. The largest absolute Gasteiger partial charge is 0.330 e. The molecule has 1 nitrogen and oxygen atoms in total. The molecular weight excluding hydrogens is 190 g/mol. The van der Waals surface area contributed by atoms with E-state index in [0.717, 1.165) is 12.3 Å². The van der Waals surface area contributed by atoms with Crippen molar-refractivity contribution in [2.75, 3.05) is 12.3 Å². The number of nitrogens with two attached hydrogens (primary N) is 1. The van der Waals surface area contributed by atoms with Crippen molar-refractivity contribution in [2.24, 2.45) is 5.73 Å². The number of rotatable bonds is 3. The third-order valence-corrected chi connectivity index (χ3v) is 2.40. The standard InChI is InChI=1S/C9H13NS.ClH/c1-8-3-2-4-9(7-8)11-6-5-10;/h2-4,7H,5-6,10H2,1H3;1H. The molecule has 3 heteroatoms. The quantitative estimate of drug-likeness (QED) is 0.764. The molecule has 0 fully saturated rings. The fourth-order valence-corrected chi connectivity index (χ4v) is 1.68. The molecule has 12 heavy (non-hydrogen) atoms. The van der Waals surface area contributed by atoms with Gasteiger partial charge in [0.05, 0.1) is 0 Å². The van der Waals surface area contributed by atoms with E-state index in [1.807, 2.05) is 11.8 Å². The van der Waals surface area contributed by atoms with Crippen molar-refractivity contribution in [1.82, 2.24) is 0 Å². The summed E-state index contributed by atoms with van der Waals surface area (Å²) in [5.74, 6) is 1.00. The predicted octanol–water partition coefficient (Wildman–Crippen LogP) is 2.47. The fraction of sp³-hybridized carbons (Fsp3) is 0.333. The number of hydrogen-bond acceptors (Lipinski definition) is 2. The SMILES string of the molecule is Cc1cccc(SCCN)c1.Cl. The van der Waals surface area contributed by atoms with Crippen LogP contribution >= 0.6 is 24.2 Å².